The first-order valence-electron chi connectivity index (χ1n) is 5.66. The molecule has 0 bridgehead atoms. The third-order valence-electron chi connectivity index (χ3n) is 2.46. The van der Waals surface area contributed by atoms with Gasteiger partial charge in [0.05, 0.1) is 9.79 Å². The van der Waals surface area contributed by atoms with E-state index < -0.39 is 53.1 Å². The molecular weight excluding hydrogens is 362 g/mol. The second-order valence-corrected chi connectivity index (χ2v) is 7.67. The quantitative estimate of drug-likeness (QED) is 0.777. The molecule has 0 aromatic heterocycles. The van der Waals surface area contributed by atoms with E-state index in [0.29, 0.717) is 36.4 Å². The summed E-state index contributed by atoms with van der Waals surface area (Å²) < 4.78 is 102. The van der Waals surface area contributed by atoms with Crippen molar-refractivity contribution in [3.8, 4) is 0 Å². The van der Waals surface area contributed by atoms with E-state index in [9.17, 15) is 34.4 Å². The van der Waals surface area contributed by atoms with Gasteiger partial charge in [-0.15, -0.1) is 0 Å². The minimum Gasteiger partial charge on any atom is -0.428 e. The van der Waals surface area contributed by atoms with Crippen molar-refractivity contribution in [3.05, 3.63) is 63.8 Å². The van der Waals surface area contributed by atoms with E-state index in [4.69, 9.17) is 0 Å². The lowest BCUT2D eigenvalue weighted by Crippen LogP contribution is -2.09. The molecule has 0 aliphatic carbocycles. The van der Waals surface area contributed by atoms with E-state index in [2.05, 4.69) is 4.13 Å². The van der Waals surface area contributed by atoms with Gasteiger partial charge in [0, 0.05) is 12.1 Å². The lowest BCUT2D eigenvalue weighted by molar-refractivity contribution is 0.566. The molecule has 23 heavy (non-hydrogen) atoms. The van der Waals surface area contributed by atoms with Crippen LogP contribution in [0.25, 0.3) is 4.13 Å². The van der Waals surface area contributed by atoms with Gasteiger partial charge < -0.3 is 4.13 Å². The van der Waals surface area contributed by atoms with Crippen LogP contribution in [-0.2, 0) is 20.0 Å². The molecule has 124 valence electrons. The largest absolute Gasteiger partial charge is 0.428 e. The zero-order chi connectivity index (χ0) is 17.4. The van der Waals surface area contributed by atoms with Crippen LogP contribution in [0.5, 0.6) is 0 Å². The first kappa shape index (κ1) is 17.4. The highest BCUT2D eigenvalue weighted by Gasteiger charge is 2.16. The number of benzene rings is 2. The highest BCUT2D eigenvalue weighted by Crippen LogP contribution is 2.27. The van der Waals surface area contributed by atoms with E-state index in [1.165, 1.54) is 0 Å². The Morgan fingerprint density at radius 2 is 0.826 bits per heavy atom. The van der Waals surface area contributed by atoms with Crippen LogP contribution in [-0.4, -0.2) is 16.8 Å². The Balaban J connectivity index is 2.46. The molecule has 0 unspecified atom stereocenters. The normalized spacial score (nSPS) is 12.3. The minimum absolute atomic E-state index is 0.351. The molecule has 0 aliphatic rings. The molecule has 5 nitrogen and oxygen atoms in total. The van der Waals surface area contributed by atoms with E-state index in [0.717, 1.165) is 0 Å². The maximum Gasteiger partial charge on any atom is 0.127 e. The van der Waals surface area contributed by atoms with Gasteiger partial charge in [-0.2, -0.15) is 0 Å². The first-order valence-corrected chi connectivity index (χ1v) is 8.54. The van der Waals surface area contributed by atoms with Crippen molar-refractivity contribution in [2.75, 3.05) is 0 Å². The van der Waals surface area contributed by atoms with Crippen LogP contribution < -0.4 is 0 Å². The van der Waals surface area contributed by atoms with Crippen LogP contribution in [0, 0.1) is 23.3 Å². The number of hydrogen-bond donors (Lipinski definition) is 0. The van der Waals surface area contributed by atoms with Crippen molar-refractivity contribution in [2.45, 2.75) is 9.79 Å². The summed E-state index contributed by atoms with van der Waals surface area (Å²) in [6.07, 6.45) is 0. The molecule has 2 aromatic carbocycles. The molecule has 0 saturated carbocycles. The SMILES string of the molecule is O=S(=O)([N-]S(=O)(=O)c1cc(F)cc(F)c1)c1cc(F)cc(F)c1. The fourth-order valence-corrected chi connectivity index (χ4v) is 4.34. The second-order valence-electron chi connectivity index (χ2n) is 4.23. The summed E-state index contributed by atoms with van der Waals surface area (Å²) in [6.45, 7) is 0. The summed E-state index contributed by atoms with van der Waals surface area (Å²) in [5.74, 6) is -5.08. The lowest BCUT2D eigenvalue weighted by Gasteiger charge is -2.21. The van der Waals surface area contributed by atoms with Crippen molar-refractivity contribution >= 4 is 20.0 Å². The number of hydrogen-bond acceptors (Lipinski definition) is 4. The summed E-state index contributed by atoms with van der Waals surface area (Å²) in [5.41, 5.74) is 0. The lowest BCUT2D eigenvalue weighted by atomic mass is 10.3. The van der Waals surface area contributed by atoms with Crippen LogP contribution >= 0.6 is 0 Å². The van der Waals surface area contributed by atoms with Crippen molar-refractivity contribution in [1.82, 2.24) is 0 Å². The van der Waals surface area contributed by atoms with Crippen LogP contribution in [0.15, 0.2) is 46.2 Å². The van der Waals surface area contributed by atoms with Gasteiger partial charge in [0.2, 0.25) is 0 Å². The van der Waals surface area contributed by atoms with E-state index in [1.807, 2.05) is 0 Å². The molecular formula is C12H6F4NO4S2-. The fraction of sp³-hybridized carbons (Fsp3) is 0. The number of halogens is 4. The molecule has 0 amide bonds. The predicted molar refractivity (Wildman–Crippen MR) is 70.4 cm³/mol. The molecule has 0 aliphatic heterocycles. The average molecular weight is 368 g/mol. The van der Waals surface area contributed by atoms with Gasteiger partial charge >= 0.3 is 0 Å². The maximum absolute atomic E-state index is 13.0. The van der Waals surface area contributed by atoms with E-state index in [1.54, 1.807) is 0 Å². The van der Waals surface area contributed by atoms with Crippen molar-refractivity contribution in [2.24, 2.45) is 0 Å². The van der Waals surface area contributed by atoms with Gasteiger partial charge in [-0.05, 0) is 24.3 Å². The van der Waals surface area contributed by atoms with Crippen LogP contribution in [0.3, 0.4) is 0 Å². The Morgan fingerprint density at radius 1 is 0.565 bits per heavy atom. The summed E-state index contributed by atoms with van der Waals surface area (Å²) >= 11 is 0. The number of rotatable bonds is 4. The van der Waals surface area contributed by atoms with Crippen LogP contribution in [0.1, 0.15) is 0 Å². The average Bonchev–Trinajstić information content (AvgIpc) is 2.35. The van der Waals surface area contributed by atoms with Crippen LogP contribution in [0.4, 0.5) is 17.6 Å². The molecule has 2 aromatic rings. The molecule has 2 rings (SSSR count). The smallest absolute Gasteiger partial charge is 0.127 e. The van der Waals surface area contributed by atoms with E-state index >= 15 is 0 Å². The van der Waals surface area contributed by atoms with Crippen molar-refractivity contribution < 1.29 is 34.4 Å². The Morgan fingerprint density at radius 3 is 1.09 bits per heavy atom. The first-order chi connectivity index (χ1) is 10.5. The Kier molecular flexibility index (Phi) is 4.46. The summed E-state index contributed by atoms with van der Waals surface area (Å²) in [6, 6.07) is 2.14. The summed E-state index contributed by atoms with van der Waals surface area (Å²) in [5, 5.41) is 0. The number of sulfonamides is 2. The molecule has 0 N–H and O–H groups in total. The maximum atomic E-state index is 13.0. The van der Waals surface area contributed by atoms with Gasteiger partial charge in [-0.25, -0.2) is 34.4 Å². The third kappa shape index (κ3) is 4.06. The van der Waals surface area contributed by atoms with Gasteiger partial charge in [-0.1, -0.05) is 0 Å². The van der Waals surface area contributed by atoms with Gasteiger partial charge in [-0.3, -0.25) is 0 Å². The molecule has 0 atom stereocenters. The minimum atomic E-state index is -5.02. The number of nitrogens with zero attached hydrogens (tertiary/aromatic N) is 1. The van der Waals surface area contributed by atoms with Gasteiger partial charge in [0.25, 0.3) is 0 Å². The predicted octanol–water partition coefficient (Wildman–Crippen LogP) is 2.69. The molecule has 0 fully saturated rings. The van der Waals surface area contributed by atoms with Gasteiger partial charge in [0.1, 0.15) is 43.3 Å². The Labute approximate surface area is 128 Å². The van der Waals surface area contributed by atoms with E-state index in [-0.39, 0.29) is 0 Å². The molecule has 0 saturated heterocycles. The fourth-order valence-electron chi connectivity index (χ4n) is 1.57. The van der Waals surface area contributed by atoms with Crippen molar-refractivity contribution in [1.29, 1.82) is 0 Å². The Hall–Kier alpha value is -1.98. The molecule has 11 heteroatoms. The molecule has 0 radical (unpaired) electrons. The standard InChI is InChI=1S/C12H6F4NO4S2/c13-7-1-8(14)4-11(3-7)22(18,19)17-23(20,21)12-5-9(15)2-10(16)6-12/h1-6H/q-1. The monoisotopic (exact) mass is 368 g/mol. The van der Waals surface area contributed by atoms with Crippen LogP contribution in [0.2, 0.25) is 0 Å². The highest BCUT2D eigenvalue weighted by atomic mass is 32.3. The Bertz CT molecular complexity index is 855. The molecule has 0 heterocycles. The van der Waals surface area contributed by atoms with Crippen molar-refractivity contribution in [3.63, 3.8) is 0 Å². The summed E-state index contributed by atoms with van der Waals surface area (Å²) in [7, 11) is -10.0. The third-order valence-corrected chi connectivity index (χ3v) is 5.70. The van der Waals surface area contributed by atoms with Gasteiger partial charge in [0.15, 0.2) is 0 Å². The topological polar surface area (TPSA) is 82.4 Å². The second kappa shape index (κ2) is 5.91. The molecule has 0 spiro atoms. The zero-order valence-electron chi connectivity index (χ0n) is 10.9. The highest BCUT2D eigenvalue weighted by molar-refractivity contribution is 8.12. The zero-order valence-corrected chi connectivity index (χ0v) is 12.5. The summed E-state index contributed by atoms with van der Waals surface area (Å²) in [4.78, 5) is -2.12.